The molecule has 0 N–H and O–H groups in total. The first-order valence-corrected chi connectivity index (χ1v) is 19.4. The van der Waals surface area contributed by atoms with E-state index in [1.807, 2.05) is 0 Å². The number of hydrogen-bond acceptors (Lipinski definition) is 0. The molecular weight excluding hydrogens is 661 g/mol. The number of benzene rings is 10. The average molecular weight is 693 g/mol. The zero-order chi connectivity index (χ0) is 35.8. The Labute approximate surface area is 319 Å². The van der Waals surface area contributed by atoms with Gasteiger partial charge in [-0.05, 0) is 127 Å². The van der Waals surface area contributed by atoms with Gasteiger partial charge in [0.1, 0.15) is 0 Å². The van der Waals surface area contributed by atoms with Crippen LogP contribution >= 0.6 is 0 Å². The molecule has 0 nitrogen and oxygen atoms in total. The summed E-state index contributed by atoms with van der Waals surface area (Å²) in [6.07, 6.45) is 0. The second kappa shape index (κ2) is 10.6. The van der Waals surface area contributed by atoms with Crippen LogP contribution in [-0.2, 0) is 5.41 Å². The van der Waals surface area contributed by atoms with Crippen LogP contribution in [0.5, 0.6) is 0 Å². The van der Waals surface area contributed by atoms with E-state index >= 15 is 0 Å². The van der Waals surface area contributed by atoms with Crippen molar-refractivity contribution in [2.45, 2.75) is 5.41 Å². The summed E-state index contributed by atoms with van der Waals surface area (Å²) in [5, 5.41) is 7.83. The zero-order valence-electron chi connectivity index (χ0n) is 30.0. The van der Waals surface area contributed by atoms with Gasteiger partial charge in [0.15, 0.2) is 0 Å². The average Bonchev–Trinajstić information content (AvgIpc) is 3.86. The van der Waals surface area contributed by atoms with E-state index in [1.54, 1.807) is 0 Å². The molecule has 3 aliphatic carbocycles. The van der Waals surface area contributed by atoms with Crippen LogP contribution < -0.4 is 0 Å². The van der Waals surface area contributed by atoms with Crippen LogP contribution in [0.4, 0.5) is 0 Å². The van der Waals surface area contributed by atoms with Crippen LogP contribution in [0.15, 0.2) is 194 Å². The Hall–Kier alpha value is -7.02. The molecule has 0 unspecified atom stereocenters. The Morgan fingerprint density at radius 3 is 1.42 bits per heavy atom. The molecule has 0 aliphatic heterocycles. The lowest BCUT2D eigenvalue weighted by molar-refractivity contribution is 0.795. The lowest BCUT2D eigenvalue weighted by Gasteiger charge is -2.31. The van der Waals surface area contributed by atoms with Gasteiger partial charge in [0.25, 0.3) is 0 Å². The van der Waals surface area contributed by atoms with Gasteiger partial charge in [-0.1, -0.05) is 188 Å². The predicted octanol–water partition coefficient (Wildman–Crippen LogP) is 14.5. The molecule has 0 fully saturated rings. The van der Waals surface area contributed by atoms with Crippen LogP contribution in [0, 0.1) is 0 Å². The molecule has 0 heteroatoms. The van der Waals surface area contributed by atoms with E-state index in [1.165, 1.54) is 121 Å². The van der Waals surface area contributed by atoms with Gasteiger partial charge in [0.2, 0.25) is 0 Å². The normalized spacial score (nSPS) is 13.6. The van der Waals surface area contributed by atoms with E-state index < -0.39 is 5.41 Å². The highest BCUT2D eigenvalue weighted by molar-refractivity contribution is 6.21. The van der Waals surface area contributed by atoms with Crippen molar-refractivity contribution in [3.63, 3.8) is 0 Å². The molecule has 1 spiro atoms. The molecular formula is C55H32. The standard InChI is InChI=1S/C55H32/c1-2-15-34-33(14-1)28-31-50-53(34)54-45-23-8-7-20-39(45)47(32-51(54)55(50)48-26-11-9-21-41(48)42-22-10-12-27-49(42)55)38-19-6-3-16-35(38)40-29-30-46-37-18-5-4-17-36(37)43-24-13-25-44(40)52(43)46/h1-32H. The van der Waals surface area contributed by atoms with Crippen molar-refractivity contribution in [1.82, 2.24) is 0 Å². The van der Waals surface area contributed by atoms with Gasteiger partial charge < -0.3 is 0 Å². The summed E-state index contributed by atoms with van der Waals surface area (Å²) >= 11 is 0. The van der Waals surface area contributed by atoms with Gasteiger partial charge in [0.05, 0.1) is 5.41 Å². The molecule has 3 aliphatic rings. The predicted molar refractivity (Wildman–Crippen MR) is 231 cm³/mol. The number of rotatable bonds is 2. The molecule has 0 radical (unpaired) electrons. The number of hydrogen-bond donors (Lipinski definition) is 0. The Balaban J connectivity index is 1.16. The van der Waals surface area contributed by atoms with Crippen LogP contribution in [0.1, 0.15) is 22.3 Å². The minimum Gasteiger partial charge on any atom is -0.0619 e. The number of fused-ring (bicyclic) bond motifs is 17. The monoisotopic (exact) mass is 692 g/mol. The minimum atomic E-state index is -0.455. The van der Waals surface area contributed by atoms with E-state index in [-0.39, 0.29) is 0 Å². The van der Waals surface area contributed by atoms with E-state index in [0.717, 1.165) is 0 Å². The van der Waals surface area contributed by atoms with Gasteiger partial charge in [-0.25, -0.2) is 0 Å². The molecule has 0 amide bonds. The van der Waals surface area contributed by atoms with Crippen molar-refractivity contribution in [1.29, 1.82) is 0 Å². The minimum absolute atomic E-state index is 0.455. The fourth-order valence-corrected chi connectivity index (χ4v) is 11.0. The molecule has 0 aromatic heterocycles. The molecule has 0 saturated carbocycles. The quantitative estimate of drug-likeness (QED) is 0.169. The van der Waals surface area contributed by atoms with Gasteiger partial charge in [-0.3, -0.25) is 0 Å². The summed E-state index contributed by atoms with van der Waals surface area (Å²) in [6, 6.07) is 73.3. The lowest BCUT2D eigenvalue weighted by atomic mass is 9.69. The van der Waals surface area contributed by atoms with Gasteiger partial charge in [-0.2, -0.15) is 0 Å². The summed E-state index contributed by atoms with van der Waals surface area (Å²) < 4.78 is 0. The van der Waals surface area contributed by atoms with Crippen molar-refractivity contribution in [2.24, 2.45) is 0 Å². The Kier molecular flexibility index (Phi) is 5.65. The van der Waals surface area contributed by atoms with Crippen molar-refractivity contribution in [2.75, 3.05) is 0 Å². The first-order chi connectivity index (χ1) is 27.3. The maximum atomic E-state index is 2.58. The van der Waals surface area contributed by atoms with E-state index in [4.69, 9.17) is 0 Å². The van der Waals surface area contributed by atoms with E-state index in [2.05, 4.69) is 194 Å². The summed E-state index contributed by atoms with van der Waals surface area (Å²) in [5.41, 5.74) is 20.8. The lowest BCUT2D eigenvalue weighted by Crippen LogP contribution is -2.26. The first-order valence-electron chi connectivity index (χ1n) is 19.4. The van der Waals surface area contributed by atoms with Gasteiger partial charge in [0, 0.05) is 0 Å². The summed E-state index contributed by atoms with van der Waals surface area (Å²) in [6.45, 7) is 0. The fourth-order valence-electron chi connectivity index (χ4n) is 11.0. The second-order valence-electron chi connectivity index (χ2n) is 15.4. The highest BCUT2D eigenvalue weighted by Crippen LogP contribution is 2.65. The van der Waals surface area contributed by atoms with Crippen molar-refractivity contribution in [3.05, 3.63) is 216 Å². The van der Waals surface area contributed by atoms with Crippen molar-refractivity contribution < 1.29 is 0 Å². The molecule has 0 saturated heterocycles. The third-order valence-electron chi connectivity index (χ3n) is 13.0. The molecule has 10 aromatic rings. The van der Waals surface area contributed by atoms with Crippen LogP contribution in [-0.4, -0.2) is 0 Å². The Morgan fingerprint density at radius 1 is 0.236 bits per heavy atom. The topological polar surface area (TPSA) is 0 Å². The molecule has 10 aromatic carbocycles. The van der Waals surface area contributed by atoms with Gasteiger partial charge in [-0.15, -0.1) is 0 Å². The zero-order valence-corrected chi connectivity index (χ0v) is 30.0. The summed E-state index contributed by atoms with van der Waals surface area (Å²) in [5.74, 6) is 0. The maximum absolute atomic E-state index is 2.58. The highest BCUT2D eigenvalue weighted by atomic mass is 14.5. The second-order valence-corrected chi connectivity index (χ2v) is 15.4. The summed E-state index contributed by atoms with van der Waals surface area (Å²) in [7, 11) is 0. The van der Waals surface area contributed by atoms with E-state index in [0.29, 0.717) is 0 Å². The van der Waals surface area contributed by atoms with Crippen molar-refractivity contribution >= 4 is 32.3 Å². The SMILES string of the molecule is c1ccc(-c2ccc3c4c(cccc24)-c2ccccc2-3)c(-c2cc3c(c4ccccc24)-c2c(ccc4ccccc24)C32c3ccccc3-c3ccccc32)c1. The highest BCUT2D eigenvalue weighted by Gasteiger charge is 2.52. The first kappa shape index (κ1) is 29.4. The summed E-state index contributed by atoms with van der Waals surface area (Å²) in [4.78, 5) is 0. The third-order valence-corrected chi connectivity index (χ3v) is 13.0. The smallest absolute Gasteiger partial charge is 0.0619 e. The van der Waals surface area contributed by atoms with Crippen molar-refractivity contribution in [3.8, 4) is 66.8 Å². The maximum Gasteiger partial charge on any atom is 0.0726 e. The van der Waals surface area contributed by atoms with Crippen LogP contribution in [0.25, 0.3) is 99.1 Å². The third kappa shape index (κ3) is 3.58. The molecule has 13 rings (SSSR count). The largest absolute Gasteiger partial charge is 0.0726 e. The van der Waals surface area contributed by atoms with Crippen LogP contribution in [0.3, 0.4) is 0 Å². The molecule has 0 bridgehead atoms. The molecule has 0 heterocycles. The fraction of sp³-hybridized carbons (Fsp3) is 0.0182. The molecule has 0 atom stereocenters. The Morgan fingerprint density at radius 2 is 0.709 bits per heavy atom. The molecule has 252 valence electrons. The van der Waals surface area contributed by atoms with Gasteiger partial charge >= 0.3 is 0 Å². The van der Waals surface area contributed by atoms with E-state index in [9.17, 15) is 0 Å². The Bertz CT molecular complexity index is 3250. The van der Waals surface area contributed by atoms with Crippen LogP contribution in [0.2, 0.25) is 0 Å². The molecule has 55 heavy (non-hydrogen) atoms.